The van der Waals surface area contributed by atoms with E-state index in [4.69, 9.17) is 4.74 Å². The fourth-order valence-corrected chi connectivity index (χ4v) is 3.57. The SMILES string of the molecule is CCN1CCN(C(CNC(=O)c2ccc(F)cc2)c2ccc(OC)cc2)CC1. The van der Waals surface area contributed by atoms with Crippen molar-refractivity contribution in [1.82, 2.24) is 15.1 Å². The van der Waals surface area contributed by atoms with Gasteiger partial charge in [0.15, 0.2) is 0 Å². The normalized spacial score (nSPS) is 16.5. The molecule has 3 rings (SSSR count). The second kappa shape index (κ2) is 9.66. The Morgan fingerprint density at radius 3 is 2.29 bits per heavy atom. The highest BCUT2D eigenvalue weighted by atomic mass is 19.1. The van der Waals surface area contributed by atoms with E-state index >= 15 is 0 Å². The summed E-state index contributed by atoms with van der Waals surface area (Å²) in [7, 11) is 1.65. The summed E-state index contributed by atoms with van der Waals surface area (Å²) >= 11 is 0. The van der Waals surface area contributed by atoms with Gasteiger partial charge in [0.25, 0.3) is 5.91 Å². The number of hydrogen-bond donors (Lipinski definition) is 1. The van der Waals surface area contributed by atoms with Crippen LogP contribution in [0.1, 0.15) is 28.9 Å². The van der Waals surface area contributed by atoms with Crippen molar-refractivity contribution in [3.63, 3.8) is 0 Å². The largest absolute Gasteiger partial charge is 0.497 e. The number of rotatable bonds is 7. The number of ether oxygens (including phenoxy) is 1. The smallest absolute Gasteiger partial charge is 0.251 e. The molecule has 0 radical (unpaired) electrons. The Morgan fingerprint density at radius 1 is 1.07 bits per heavy atom. The van der Waals surface area contributed by atoms with Crippen LogP contribution in [0.2, 0.25) is 0 Å². The molecule has 1 saturated heterocycles. The molecule has 1 aliphatic heterocycles. The number of amides is 1. The minimum atomic E-state index is -0.346. The first-order valence-electron chi connectivity index (χ1n) is 9.75. The van der Waals surface area contributed by atoms with Gasteiger partial charge in [-0.2, -0.15) is 0 Å². The second-order valence-corrected chi connectivity index (χ2v) is 6.98. The van der Waals surface area contributed by atoms with Gasteiger partial charge in [-0.1, -0.05) is 19.1 Å². The van der Waals surface area contributed by atoms with Gasteiger partial charge >= 0.3 is 0 Å². The van der Waals surface area contributed by atoms with E-state index in [1.165, 1.54) is 24.3 Å². The molecule has 0 aromatic heterocycles. The van der Waals surface area contributed by atoms with E-state index in [0.717, 1.165) is 44.0 Å². The molecule has 6 heteroatoms. The molecule has 2 aromatic carbocycles. The van der Waals surface area contributed by atoms with Gasteiger partial charge in [-0.05, 0) is 48.5 Å². The number of piperazine rings is 1. The minimum Gasteiger partial charge on any atom is -0.497 e. The van der Waals surface area contributed by atoms with Crippen molar-refractivity contribution in [1.29, 1.82) is 0 Å². The van der Waals surface area contributed by atoms with Crippen LogP contribution in [0.15, 0.2) is 48.5 Å². The number of likely N-dealkylation sites (N-methyl/N-ethyl adjacent to an activating group) is 1. The van der Waals surface area contributed by atoms with Crippen LogP contribution in [0.5, 0.6) is 5.75 Å². The predicted molar refractivity (Wildman–Crippen MR) is 108 cm³/mol. The van der Waals surface area contributed by atoms with Crippen molar-refractivity contribution in [2.75, 3.05) is 46.4 Å². The molecule has 28 heavy (non-hydrogen) atoms. The van der Waals surface area contributed by atoms with Crippen LogP contribution in [-0.4, -0.2) is 62.1 Å². The molecule has 0 saturated carbocycles. The Hall–Kier alpha value is -2.44. The van der Waals surface area contributed by atoms with Gasteiger partial charge < -0.3 is 15.0 Å². The summed E-state index contributed by atoms with van der Waals surface area (Å²) in [5.74, 6) is 0.279. The molecule has 0 aliphatic carbocycles. The molecule has 1 heterocycles. The first kappa shape index (κ1) is 20.3. The summed E-state index contributed by atoms with van der Waals surface area (Å²) in [4.78, 5) is 17.3. The van der Waals surface area contributed by atoms with E-state index in [9.17, 15) is 9.18 Å². The second-order valence-electron chi connectivity index (χ2n) is 6.98. The van der Waals surface area contributed by atoms with Gasteiger partial charge in [-0.25, -0.2) is 4.39 Å². The topological polar surface area (TPSA) is 44.8 Å². The summed E-state index contributed by atoms with van der Waals surface area (Å²) in [6, 6.07) is 13.7. The lowest BCUT2D eigenvalue weighted by Crippen LogP contribution is -2.49. The Morgan fingerprint density at radius 2 is 1.71 bits per heavy atom. The third-order valence-corrected chi connectivity index (χ3v) is 5.36. The average molecular weight is 385 g/mol. The van der Waals surface area contributed by atoms with Crippen LogP contribution in [0.25, 0.3) is 0 Å². The number of nitrogens with one attached hydrogen (secondary N) is 1. The molecule has 0 spiro atoms. The maximum absolute atomic E-state index is 13.1. The van der Waals surface area contributed by atoms with Crippen molar-refractivity contribution < 1.29 is 13.9 Å². The van der Waals surface area contributed by atoms with Crippen molar-refractivity contribution in [3.8, 4) is 5.75 Å². The maximum Gasteiger partial charge on any atom is 0.251 e. The number of methoxy groups -OCH3 is 1. The van der Waals surface area contributed by atoms with Crippen LogP contribution in [0.3, 0.4) is 0 Å². The zero-order valence-electron chi connectivity index (χ0n) is 16.5. The van der Waals surface area contributed by atoms with Gasteiger partial charge in [0, 0.05) is 38.3 Å². The fraction of sp³-hybridized carbons (Fsp3) is 0.409. The van der Waals surface area contributed by atoms with E-state index in [0.29, 0.717) is 12.1 Å². The quantitative estimate of drug-likeness (QED) is 0.796. The number of halogens is 1. The van der Waals surface area contributed by atoms with E-state index < -0.39 is 0 Å². The van der Waals surface area contributed by atoms with Gasteiger partial charge in [0.1, 0.15) is 11.6 Å². The molecule has 1 fully saturated rings. The third kappa shape index (κ3) is 5.09. The predicted octanol–water partition coefficient (Wildman–Crippen LogP) is 2.94. The summed E-state index contributed by atoms with van der Waals surface area (Å²) < 4.78 is 18.4. The lowest BCUT2D eigenvalue weighted by atomic mass is 10.0. The molecule has 1 aliphatic rings. The Balaban J connectivity index is 1.71. The zero-order chi connectivity index (χ0) is 19.9. The molecule has 2 aromatic rings. The van der Waals surface area contributed by atoms with Crippen molar-refractivity contribution >= 4 is 5.91 Å². The molecule has 1 atom stereocenters. The summed E-state index contributed by atoms with van der Waals surface area (Å²) in [5.41, 5.74) is 1.61. The van der Waals surface area contributed by atoms with E-state index in [1.807, 2.05) is 12.1 Å². The number of carbonyl (C=O) groups excluding carboxylic acids is 1. The number of nitrogens with zero attached hydrogens (tertiary/aromatic N) is 2. The Bertz CT molecular complexity index is 756. The van der Waals surface area contributed by atoms with E-state index in [-0.39, 0.29) is 17.8 Å². The van der Waals surface area contributed by atoms with Crippen molar-refractivity contribution in [2.45, 2.75) is 13.0 Å². The molecule has 1 amide bonds. The molecule has 150 valence electrons. The highest BCUT2D eigenvalue weighted by molar-refractivity contribution is 5.94. The summed E-state index contributed by atoms with van der Waals surface area (Å²) in [6.07, 6.45) is 0. The van der Waals surface area contributed by atoms with Gasteiger partial charge in [-0.3, -0.25) is 9.69 Å². The zero-order valence-corrected chi connectivity index (χ0v) is 16.5. The van der Waals surface area contributed by atoms with Crippen LogP contribution < -0.4 is 10.1 Å². The molecule has 1 N–H and O–H groups in total. The van der Waals surface area contributed by atoms with E-state index in [2.05, 4.69) is 34.2 Å². The van der Waals surface area contributed by atoms with Gasteiger partial charge in [0.2, 0.25) is 0 Å². The van der Waals surface area contributed by atoms with Crippen LogP contribution >= 0.6 is 0 Å². The monoisotopic (exact) mass is 385 g/mol. The highest BCUT2D eigenvalue weighted by Crippen LogP contribution is 2.24. The number of benzene rings is 2. The summed E-state index contributed by atoms with van der Waals surface area (Å²) in [6.45, 7) is 7.69. The molecular weight excluding hydrogens is 357 g/mol. The van der Waals surface area contributed by atoms with Crippen molar-refractivity contribution in [2.24, 2.45) is 0 Å². The van der Waals surface area contributed by atoms with Crippen LogP contribution in [-0.2, 0) is 0 Å². The van der Waals surface area contributed by atoms with Gasteiger partial charge in [0.05, 0.1) is 13.2 Å². The minimum absolute atomic E-state index is 0.0781. The lowest BCUT2D eigenvalue weighted by Gasteiger charge is -2.39. The molecule has 1 unspecified atom stereocenters. The molecule has 0 bridgehead atoms. The maximum atomic E-state index is 13.1. The fourth-order valence-electron chi connectivity index (χ4n) is 3.57. The summed E-state index contributed by atoms with van der Waals surface area (Å²) in [5, 5.41) is 3.02. The molecule has 5 nitrogen and oxygen atoms in total. The highest BCUT2D eigenvalue weighted by Gasteiger charge is 2.25. The first-order valence-corrected chi connectivity index (χ1v) is 9.75. The third-order valence-electron chi connectivity index (χ3n) is 5.36. The average Bonchev–Trinajstić information content (AvgIpc) is 2.75. The van der Waals surface area contributed by atoms with Crippen LogP contribution in [0.4, 0.5) is 4.39 Å². The number of hydrogen-bond acceptors (Lipinski definition) is 4. The Labute approximate surface area is 166 Å². The van der Waals surface area contributed by atoms with Crippen molar-refractivity contribution in [3.05, 3.63) is 65.5 Å². The standard InChI is InChI=1S/C22H28FN3O2/c1-3-25-12-14-26(15-13-25)21(17-6-10-20(28-2)11-7-17)16-24-22(27)18-4-8-19(23)9-5-18/h4-11,21H,3,12-16H2,1-2H3,(H,24,27). The van der Waals surface area contributed by atoms with E-state index in [1.54, 1.807) is 7.11 Å². The van der Waals surface area contributed by atoms with Gasteiger partial charge in [-0.15, -0.1) is 0 Å². The first-order chi connectivity index (χ1) is 13.6. The Kier molecular flexibility index (Phi) is 7.01. The number of carbonyl (C=O) groups is 1. The van der Waals surface area contributed by atoms with Crippen LogP contribution in [0, 0.1) is 5.82 Å². The molecular formula is C22H28FN3O2. The lowest BCUT2D eigenvalue weighted by molar-refractivity contribution is 0.0855.